The fourth-order valence-corrected chi connectivity index (χ4v) is 2.51. The molecule has 1 heterocycles. The Hall–Kier alpha value is -1.32. The predicted molar refractivity (Wildman–Crippen MR) is 81.0 cm³/mol. The SMILES string of the molecule is CCN(CC)c1ccc2nc(COC)cc(Cl)c2c1. The first-order chi connectivity index (χ1) is 9.19. The summed E-state index contributed by atoms with van der Waals surface area (Å²) in [5.74, 6) is 0. The summed E-state index contributed by atoms with van der Waals surface area (Å²) in [7, 11) is 1.66. The highest BCUT2D eigenvalue weighted by atomic mass is 35.5. The molecule has 0 unspecified atom stereocenters. The molecule has 3 nitrogen and oxygen atoms in total. The van der Waals surface area contributed by atoms with E-state index in [0.717, 1.165) is 34.7 Å². The first-order valence-corrected chi connectivity index (χ1v) is 6.90. The number of hydrogen-bond donors (Lipinski definition) is 0. The van der Waals surface area contributed by atoms with Gasteiger partial charge in [-0.05, 0) is 38.1 Å². The van der Waals surface area contributed by atoms with Crippen LogP contribution in [0.3, 0.4) is 0 Å². The van der Waals surface area contributed by atoms with E-state index >= 15 is 0 Å². The lowest BCUT2D eigenvalue weighted by atomic mass is 10.1. The Kier molecular flexibility index (Phi) is 4.61. The molecule has 0 aliphatic heterocycles. The summed E-state index contributed by atoms with van der Waals surface area (Å²) in [5, 5.41) is 1.72. The molecule has 0 atom stereocenters. The molecule has 1 aromatic heterocycles. The van der Waals surface area contributed by atoms with E-state index in [1.54, 1.807) is 7.11 Å². The van der Waals surface area contributed by atoms with Crippen molar-refractivity contribution >= 4 is 28.2 Å². The van der Waals surface area contributed by atoms with Gasteiger partial charge in [0, 0.05) is 31.3 Å². The molecule has 0 aliphatic rings. The molecule has 0 amide bonds. The van der Waals surface area contributed by atoms with Crippen molar-refractivity contribution in [3.63, 3.8) is 0 Å². The monoisotopic (exact) mass is 278 g/mol. The van der Waals surface area contributed by atoms with Crippen LogP contribution in [0.1, 0.15) is 19.5 Å². The van der Waals surface area contributed by atoms with Crippen LogP contribution in [-0.4, -0.2) is 25.2 Å². The highest BCUT2D eigenvalue weighted by molar-refractivity contribution is 6.35. The fraction of sp³-hybridized carbons (Fsp3) is 0.400. The number of fused-ring (bicyclic) bond motifs is 1. The predicted octanol–water partition coefficient (Wildman–Crippen LogP) is 3.88. The summed E-state index contributed by atoms with van der Waals surface area (Å²) in [5.41, 5.74) is 2.95. The molecule has 0 aliphatic carbocycles. The molecule has 2 aromatic rings. The lowest BCUT2D eigenvalue weighted by Gasteiger charge is -2.21. The van der Waals surface area contributed by atoms with Crippen LogP contribution in [0.25, 0.3) is 10.9 Å². The Morgan fingerprint density at radius 3 is 2.58 bits per heavy atom. The van der Waals surface area contributed by atoms with Crippen molar-refractivity contribution in [1.82, 2.24) is 4.98 Å². The number of benzene rings is 1. The van der Waals surface area contributed by atoms with Gasteiger partial charge >= 0.3 is 0 Å². The molecule has 0 radical (unpaired) electrons. The summed E-state index contributed by atoms with van der Waals surface area (Å²) in [6.07, 6.45) is 0. The maximum absolute atomic E-state index is 6.35. The van der Waals surface area contributed by atoms with Gasteiger partial charge in [0.05, 0.1) is 22.8 Å². The second-order valence-electron chi connectivity index (χ2n) is 4.40. The van der Waals surface area contributed by atoms with Gasteiger partial charge in [-0.3, -0.25) is 4.98 Å². The van der Waals surface area contributed by atoms with Gasteiger partial charge in [-0.15, -0.1) is 0 Å². The van der Waals surface area contributed by atoms with Gasteiger partial charge in [-0.25, -0.2) is 0 Å². The highest BCUT2D eigenvalue weighted by Crippen LogP contribution is 2.27. The zero-order chi connectivity index (χ0) is 13.8. The lowest BCUT2D eigenvalue weighted by molar-refractivity contribution is 0.182. The summed E-state index contributed by atoms with van der Waals surface area (Å²) in [6.45, 7) is 6.74. The maximum Gasteiger partial charge on any atom is 0.0884 e. The summed E-state index contributed by atoms with van der Waals surface area (Å²) >= 11 is 6.35. The first-order valence-electron chi connectivity index (χ1n) is 6.52. The molecular formula is C15H19ClN2O. The molecule has 2 rings (SSSR count). The number of pyridine rings is 1. The molecule has 19 heavy (non-hydrogen) atoms. The van der Waals surface area contributed by atoms with Crippen LogP contribution in [0.5, 0.6) is 0 Å². The Labute approximate surface area is 119 Å². The van der Waals surface area contributed by atoms with E-state index in [4.69, 9.17) is 16.3 Å². The molecule has 4 heteroatoms. The maximum atomic E-state index is 6.35. The third kappa shape index (κ3) is 2.99. The number of aromatic nitrogens is 1. The third-order valence-electron chi connectivity index (χ3n) is 3.22. The minimum absolute atomic E-state index is 0.480. The second-order valence-corrected chi connectivity index (χ2v) is 4.81. The molecular weight excluding hydrogens is 260 g/mol. The van der Waals surface area contributed by atoms with Crippen LogP contribution in [0.15, 0.2) is 24.3 Å². The Balaban J connectivity index is 2.48. The van der Waals surface area contributed by atoms with Crippen LogP contribution < -0.4 is 4.90 Å². The van der Waals surface area contributed by atoms with E-state index < -0.39 is 0 Å². The Morgan fingerprint density at radius 1 is 1.21 bits per heavy atom. The molecule has 0 saturated heterocycles. The molecule has 102 valence electrons. The van der Waals surface area contributed by atoms with Crippen molar-refractivity contribution < 1.29 is 4.74 Å². The number of ether oxygens (including phenoxy) is 1. The number of methoxy groups -OCH3 is 1. The van der Waals surface area contributed by atoms with E-state index in [2.05, 4.69) is 35.9 Å². The third-order valence-corrected chi connectivity index (χ3v) is 3.53. The molecule has 1 aromatic carbocycles. The number of anilines is 1. The minimum atomic E-state index is 0.480. The number of halogens is 1. The van der Waals surface area contributed by atoms with E-state index in [1.165, 1.54) is 5.69 Å². The largest absolute Gasteiger partial charge is 0.378 e. The topological polar surface area (TPSA) is 25.4 Å². The summed E-state index contributed by atoms with van der Waals surface area (Å²) in [4.78, 5) is 6.84. The van der Waals surface area contributed by atoms with Gasteiger partial charge in [0.25, 0.3) is 0 Å². The van der Waals surface area contributed by atoms with Gasteiger partial charge in [0.2, 0.25) is 0 Å². The zero-order valence-corrected chi connectivity index (χ0v) is 12.4. The average Bonchev–Trinajstić information content (AvgIpc) is 2.41. The summed E-state index contributed by atoms with van der Waals surface area (Å²) in [6, 6.07) is 8.09. The van der Waals surface area contributed by atoms with Gasteiger partial charge < -0.3 is 9.64 Å². The Morgan fingerprint density at radius 2 is 1.95 bits per heavy atom. The van der Waals surface area contributed by atoms with Crippen LogP contribution in [0.2, 0.25) is 5.02 Å². The number of hydrogen-bond acceptors (Lipinski definition) is 3. The number of rotatable bonds is 5. The average molecular weight is 279 g/mol. The highest BCUT2D eigenvalue weighted by Gasteiger charge is 2.08. The number of nitrogens with zero attached hydrogens (tertiary/aromatic N) is 2. The zero-order valence-electron chi connectivity index (χ0n) is 11.6. The molecule has 0 saturated carbocycles. The first kappa shape index (κ1) is 14.1. The minimum Gasteiger partial charge on any atom is -0.378 e. The van der Waals surface area contributed by atoms with Crippen LogP contribution in [-0.2, 0) is 11.3 Å². The van der Waals surface area contributed by atoms with E-state index in [0.29, 0.717) is 6.61 Å². The fourth-order valence-electron chi connectivity index (χ4n) is 2.23. The van der Waals surface area contributed by atoms with Gasteiger partial charge in [-0.2, -0.15) is 0 Å². The van der Waals surface area contributed by atoms with E-state index in [1.807, 2.05) is 12.1 Å². The van der Waals surface area contributed by atoms with Crippen molar-refractivity contribution in [2.45, 2.75) is 20.5 Å². The van der Waals surface area contributed by atoms with Crippen molar-refractivity contribution in [2.75, 3.05) is 25.1 Å². The van der Waals surface area contributed by atoms with E-state index in [-0.39, 0.29) is 0 Å². The molecule has 0 fully saturated rings. The van der Waals surface area contributed by atoms with Gasteiger partial charge in [0.1, 0.15) is 0 Å². The van der Waals surface area contributed by atoms with E-state index in [9.17, 15) is 0 Å². The van der Waals surface area contributed by atoms with Crippen molar-refractivity contribution in [1.29, 1.82) is 0 Å². The second kappa shape index (κ2) is 6.22. The van der Waals surface area contributed by atoms with Crippen LogP contribution in [0, 0.1) is 0 Å². The molecule has 0 bridgehead atoms. The molecule has 0 N–H and O–H groups in total. The van der Waals surface area contributed by atoms with Crippen molar-refractivity contribution in [2.24, 2.45) is 0 Å². The molecule has 0 spiro atoms. The Bertz CT molecular complexity index is 567. The lowest BCUT2D eigenvalue weighted by Crippen LogP contribution is -2.21. The van der Waals surface area contributed by atoms with Crippen LogP contribution in [0.4, 0.5) is 5.69 Å². The van der Waals surface area contributed by atoms with Crippen molar-refractivity contribution in [3.05, 3.63) is 35.0 Å². The van der Waals surface area contributed by atoms with Gasteiger partial charge in [0.15, 0.2) is 0 Å². The van der Waals surface area contributed by atoms with Crippen molar-refractivity contribution in [3.8, 4) is 0 Å². The van der Waals surface area contributed by atoms with Crippen LogP contribution >= 0.6 is 11.6 Å². The van der Waals surface area contributed by atoms with Gasteiger partial charge in [-0.1, -0.05) is 11.6 Å². The smallest absolute Gasteiger partial charge is 0.0884 e. The standard InChI is InChI=1S/C15H19ClN2O/c1-4-18(5-2)12-6-7-15-13(9-12)14(16)8-11(17-15)10-19-3/h6-9H,4-5,10H2,1-3H3. The normalized spacial score (nSPS) is 10.9. The summed E-state index contributed by atoms with van der Waals surface area (Å²) < 4.78 is 5.10. The quantitative estimate of drug-likeness (QED) is 0.830.